The van der Waals surface area contributed by atoms with Crippen LogP contribution >= 0.6 is 11.3 Å². The third-order valence-corrected chi connectivity index (χ3v) is 4.34. The molecule has 0 bridgehead atoms. The first kappa shape index (κ1) is 16.3. The number of ether oxygens (including phenoxy) is 1. The largest absolute Gasteiger partial charge is 0.493 e. The molecule has 0 atom stereocenters. The van der Waals surface area contributed by atoms with Gasteiger partial charge < -0.3 is 14.3 Å². The van der Waals surface area contributed by atoms with E-state index in [2.05, 4.69) is 4.98 Å². The van der Waals surface area contributed by atoms with Gasteiger partial charge in [0.15, 0.2) is 0 Å². The minimum Gasteiger partial charge on any atom is -0.493 e. The molecule has 2 aromatic heterocycles. The summed E-state index contributed by atoms with van der Waals surface area (Å²) < 4.78 is 11.4. The minimum atomic E-state index is -0.855. The highest BCUT2D eigenvalue weighted by molar-refractivity contribution is 7.13. The zero-order chi connectivity index (χ0) is 16.9. The Morgan fingerprint density at radius 3 is 2.96 bits per heavy atom. The number of aliphatic carboxylic acids is 1. The molecule has 0 fully saturated rings. The summed E-state index contributed by atoms with van der Waals surface area (Å²) in [6.07, 6.45) is 0.619. The monoisotopic (exact) mass is 343 g/mol. The van der Waals surface area contributed by atoms with Crippen LogP contribution in [0.3, 0.4) is 0 Å². The fourth-order valence-corrected chi connectivity index (χ4v) is 3.00. The van der Waals surface area contributed by atoms with Crippen molar-refractivity contribution in [2.45, 2.75) is 19.8 Å². The Balaban J connectivity index is 1.60. The summed E-state index contributed by atoms with van der Waals surface area (Å²) in [6, 6.07) is 11.1. The molecule has 3 rings (SSSR count). The number of thiophene rings is 1. The van der Waals surface area contributed by atoms with Crippen LogP contribution in [-0.4, -0.2) is 22.7 Å². The van der Waals surface area contributed by atoms with E-state index < -0.39 is 5.97 Å². The van der Waals surface area contributed by atoms with Crippen LogP contribution in [0.5, 0.6) is 5.75 Å². The fraction of sp³-hybridized carbons (Fsp3) is 0.222. The highest BCUT2D eigenvalue weighted by atomic mass is 32.1. The van der Waals surface area contributed by atoms with Gasteiger partial charge in [-0.1, -0.05) is 18.2 Å². The first-order valence-electron chi connectivity index (χ1n) is 7.55. The summed E-state index contributed by atoms with van der Waals surface area (Å²) in [5.74, 6) is 1.24. The Bertz CT molecular complexity index is 823. The molecule has 0 spiro atoms. The maximum absolute atomic E-state index is 10.8. The first-order valence-corrected chi connectivity index (χ1v) is 8.43. The molecule has 0 saturated heterocycles. The van der Waals surface area contributed by atoms with Gasteiger partial charge >= 0.3 is 5.97 Å². The van der Waals surface area contributed by atoms with Gasteiger partial charge in [0.2, 0.25) is 5.89 Å². The molecule has 0 saturated carbocycles. The number of aryl methyl sites for hydroxylation is 1. The summed E-state index contributed by atoms with van der Waals surface area (Å²) in [7, 11) is 0. The molecule has 2 heterocycles. The van der Waals surface area contributed by atoms with E-state index in [1.165, 1.54) is 0 Å². The van der Waals surface area contributed by atoms with E-state index in [9.17, 15) is 4.79 Å². The van der Waals surface area contributed by atoms with Crippen LogP contribution < -0.4 is 4.74 Å². The number of carboxylic acids is 1. The smallest absolute Gasteiger partial charge is 0.307 e. The minimum absolute atomic E-state index is 0.0102. The van der Waals surface area contributed by atoms with E-state index in [1.54, 1.807) is 29.5 Å². The molecule has 6 heteroatoms. The van der Waals surface area contributed by atoms with Crippen molar-refractivity contribution in [2.75, 3.05) is 6.61 Å². The Labute approximate surface area is 143 Å². The lowest BCUT2D eigenvalue weighted by Gasteiger charge is -2.06. The highest BCUT2D eigenvalue weighted by Gasteiger charge is 2.12. The second-order valence-corrected chi connectivity index (χ2v) is 6.26. The topological polar surface area (TPSA) is 72.6 Å². The fourth-order valence-electron chi connectivity index (χ4n) is 2.35. The zero-order valence-electron chi connectivity index (χ0n) is 13.2. The molecule has 0 unspecified atom stereocenters. The molecular weight excluding hydrogens is 326 g/mol. The summed E-state index contributed by atoms with van der Waals surface area (Å²) >= 11 is 1.59. The van der Waals surface area contributed by atoms with Crippen LogP contribution in [0.1, 0.15) is 17.0 Å². The lowest BCUT2D eigenvalue weighted by atomic mass is 10.1. The molecule has 0 amide bonds. The number of oxazole rings is 1. The first-order chi connectivity index (χ1) is 11.6. The van der Waals surface area contributed by atoms with E-state index in [4.69, 9.17) is 14.3 Å². The van der Waals surface area contributed by atoms with Crippen molar-refractivity contribution < 1.29 is 19.1 Å². The molecule has 0 aliphatic carbocycles. The average molecular weight is 343 g/mol. The molecule has 24 heavy (non-hydrogen) atoms. The van der Waals surface area contributed by atoms with Gasteiger partial charge in [-0.15, -0.1) is 11.3 Å². The molecule has 124 valence electrons. The number of aromatic nitrogens is 1. The third kappa shape index (κ3) is 4.02. The second-order valence-electron chi connectivity index (χ2n) is 5.32. The quantitative estimate of drug-likeness (QED) is 0.703. The zero-order valence-corrected chi connectivity index (χ0v) is 14.0. The Hall–Kier alpha value is -2.60. The van der Waals surface area contributed by atoms with Gasteiger partial charge in [-0.25, -0.2) is 4.98 Å². The molecule has 3 aromatic rings. The molecular formula is C18H17NO4S. The second kappa shape index (κ2) is 7.31. The van der Waals surface area contributed by atoms with Crippen molar-refractivity contribution in [2.24, 2.45) is 0 Å². The Morgan fingerprint density at radius 2 is 2.21 bits per heavy atom. The summed E-state index contributed by atoms with van der Waals surface area (Å²) in [6.45, 7) is 2.35. The van der Waals surface area contributed by atoms with Crippen molar-refractivity contribution in [1.82, 2.24) is 4.98 Å². The normalized spacial score (nSPS) is 10.7. The van der Waals surface area contributed by atoms with Gasteiger partial charge in [-0.05, 0) is 36.1 Å². The summed E-state index contributed by atoms with van der Waals surface area (Å²) in [4.78, 5) is 16.3. The van der Waals surface area contributed by atoms with E-state index in [0.717, 1.165) is 21.9 Å². The lowest BCUT2D eigenvalue weighted by Crippen LogP contribution is -2.04. The number of rotatable bonds is 7. The SMILES string of the molecule is Cc1oc(-c2cccs2)nc1CCOc1cccc(CC(=O)O)c1. The summed E-state index contributed by atoms with van der Waals surface area (Å²) in [5.41, 5.74) is 1.60. The number of benzene rings is 1. The molecule has 1 N–H and O–H groups in total. The number of carboxylic acid groups (broad SMARTS) is 1. The highest BCUT2D eigenvalue weighted by Crippen LogP contribution is 2.26. The predicted molar refractivity (Wildman–Crippen MR) is 91.5 cm³/mol. The number of hydrogen-bond acceptors (Lipinski definition) is 5. The third-order valence-electron chi connectivity index (χ3n) is 3.49. The summed E-state index contributed by atoms with van der Waals surface area (Å²) in [5, 5.41) is 10.8. The van der Waals surface area contributed by atoms with Crippen LogP contribution in [0, 0.1) is 6.92 Å². The molecule has 1 aromatic carbocycles. The molecule has 0 aliphatic rings. The van der Waals surface area contributed by atoms with Crippen LogP contribution in [0.4, 0.5) is 0 Å². The van der Waals surface area contributed by atoms with Crippen LogP contribution in [0.25, 0.3) is 10.8 Å². The van der Waals surface area contributed by atoms with Gasteiger partial charge in [-0.3, -0.25) is 4.79 Å². The van der Waals surface area contributed by atoms with Crippen LogP contribution in [-0.2, 0) is 17.6 Å². The van der Waals surface area contributed by atoms with Crippen molar-refractivity contribution >= 4 is 17.3 Å². The van der Waals surface area contributed by atoms with Crippen molar-refractivity contribution in [3.8, 4) is 16.5 Å². The lowest BCUT2D eigenvalue weighted by molar-refractivity contribution is -0.136. The number of nitrogens with zero attached hydrogens (tertiary/aromatic N) is 1. The maximum atomic E-state index is 10.8. The molecule has 0 aliphatic heterocycles. The van der Waals surface area contributed by atoms with E-state index in [0.29, 0.717) is 24.7 Å². The van der Waals surface area contributed by atoms with Gasteiger partial charge in [0.1, 0.15) is 11.5 Å². The maximum Gasteiger partial charge on any atom is 0.307 e. The van der Waals surface area contributed by atoms with E-state index in [-0.39, 0.29) is 6.42 Å². The number of hydrogen-bond donors (Lipinski definition) is 1. The van der Waals surface area contributed by atoms with Gasteiger partial charge in [-0.2, -0.15) is 0 Å². The van der Waals surface area contributed by atoms with Crippen LogP contribution in [0.2, 0.25) is 0 Å². The van der Waals surface area contributed by atoms with Gasteiger partial charge in [0.05, 0.1) is 23.6 Å². The Morgan fingerprint density at radius 1 is 1.33 bits per heavy atom. The van der Waals surface area contributed by atoms with Crippen molar-refractivity contribution in [1.29, 1.82) is 0 Å². The standard InChI is InChI=1S/C18H17NO4S/c1-12-15(19-18(23-12)16-6-3-9-24-16)7-8-22-14-5-2-4-13(10-14)11-17(20)21/h2-6,9-10H,7-8,11H2,1H3,(H,20,21). The van der Waals surface area contributed by atoms with E-state index >= 15 is 0 Å². The van der Waals surface area contributed by atoms with Crippen molar-refractivity contribution in [3.63, 3.8) is 0 Å². The van der Waals surface area contributed by atoms with Crippen molar-refractivity contribution in [3.05, 3.63) is 58.8 Å². The average Bonchev–Trinajstić information content (AvgIpc) is 3.17. The molecule has 5 nitrogen and oxygen atoms in total. The predicted octanol–water partition coefficient (Wildman–Crippen LogP) is 3.96. The van der Waals surface area contributed by atoms with Gasteiger partial charge in [0.25, 0.3) is 0 Å². The Kier molecular flexibility index (Phi) is 4.96. The van der Waals surface area contributed by atoms with Crippen LogP contribution in [0.15, 0.2) is 46.2 Å². The number of carbonyl (C=O) groups is 1. The van der Waals surface area contributed by atoms with E-state index in [1.807, 2.05) is 30.5 Å². The van der Waals surface area contributed by atoms with Gasteiger partial charge in [0, 0.05) is 6.42 Å². The molecule has 0 radical (unpaired) electrons.